The zero-order valence-corrected chi connectivity index (χ0v) is 7.40. The van der Waals surface area contributed by atoms with Crippen molar-refractivity contribution in [1.82, 2.24) is 15.5 Å². The number of rotatable bonds is 2. The molecule has 0 spiro atoms. The van der Waals surface area contributed by atoms with Gasteiger partial charge in [0.15, 0.2) is 0 Å². The maximum absolute atomic E-state index is 5.07. The van der Waals surface area contributed by atoms with E-state index in [1.165, 1.54) is 0 Å². The lowest BCUT2D eigenvalue weighted by Gasteiger charge is -2.08. The minimum atomic E-state index is 0.366. The van der Waals surface area contributed by atoms with Crippen LogP contribution in [0.25, 0.3) is 0 Å². The Morgan fingerprint density at radius 1 is 1.73 bits per heavy atom. The summed E-state index contributed by atoms with van der Waals surface area (Å²) in [5, 5.41) is 9.69. The Bertz CT molecular complexity index is 228. The highest BCUT2D eigenvalue weighted by atomic mass is 32.1. The molecule has 0 amide bonds. The fourth-order valence-corrected chi connectivity index (χ4v) is 1.07. The van der Waals surface area contributed by atoms with Gasteiger partial charge in [0.05, 0.1) is 5.69 Å². The highest BCUT2D eigenvalue weighted by Crippen LogP contribution is 1.93. The summed E-state index contributed by atoms with van der Waals surface area (Å²) in [5.74, 6) is 0. The van der Waals surface area contributed by atoms with E-state index >= 15 is 0 Å². The molecule has 1 rings (SSSR count). The van der Waals surface area contributed by atoms with Crippen LogP contribution in [0.5, 0.6) is 0 Å². The highest BCUT2D eigenvalue weighted by Gasteiger charge is 2.01. The minimum absolute atomic E-state index is 0.366. The van der Waals surface area contributed by atoms with Gasteiger partial charge in [0, 0.05) is 12.2 Å². The van der Waals surface area contributed by atoms with E-state index in [9.17, 15) is 0 Å². The largest absolute Gasteiger partial charge is 0.372 e. The van der Waals surface area contributed by atoms with E-state index in [0.29, 0.717) is 6.04 Å². The molecule has 1 heterocycles. The number of nitrogens with zero attached hydrogens (tertiary/aromatic N) is 1. The first kappa shape index (κ1) is 8.20. The second-order valence-electron chi connectivity index (χ2n) is 2.60. The monoisotopic (exact) mass is 169 g/mol. The van der Waals surface area contributed by atoms with Crippen molar-refractivity contribution in [3.05, 3.63) is 18.0 Å². The molecule has 11 heavy (non-hydrogen) atoms. The summed E-state index contributed by atoms with van der Waals surface area (Å²) in [6.45, 7) is 4.09. The first-order valence-electron chi connectivity index (χ1n) is 3.50. The molecule has 2 N–H and O–H groups in total. The zero-order valence-electron chi connectivity index (χ0n) is 6.59. The molecule has 0 unspecified atom stereocenters. The molecule has 0 radical (unpaired) electrons. The van der Waals surface area contributed by atoms with Crippen molar-refractivity contribution in [2.75, 3.05) is 0 Å². The smallest absolute Gasteiger partial charge is 0.124 e. The molecule has 0 aliphatic heterocycles. The molecule has 4 heteroatoms. The van der Waals surface area contributed by atoms with Crippen LogP contribution in [0.4, 0.5) is 0 Å². The van der Waals surface area contributed by atoms with Crippen LogP contribution in [0, 0.1) is 0 Å². The number of thiocarbonyl (C=S) groups is 1. The van der Waals surface area contributed by atoms with E-state index in [4.69, 9.17) is 12.2 Å². The number of hydrogen-bond acceptors (Lipinski definition) is 2. The van der Waals surface area contributed by atoms with Crippen LogP contribution in [-0.4, -0.2) is 21.2 Å². The molecule has 0 saturated heterocycles. The maximum Gasteiger partial charge on any atom is 0.124 e. The number of aromatic nitrogens is 2. The molecule has 0 aliphatic rings. The van der Waals surface area contributed by atoms with Crippen LogP contribution in [0.2, 0.25) is 0 Å². The Labute approximate surface area is 71.2 Å². The molecule has 60 valence electrons. The van der Waals surface area contributed by atoms with Crippen LogP contribution in [0.15, 0.2) is 12.3 Å². The maximum atomic E-state index is 5.07. The number of H-pyrrole nitrogens is 1. The molecular formula is C7H11N3S. The van der Waals surface area contributed by atoms with Gasteiger partial charge in [-0.3, -0.25) is 5.10 Å². The molecule has 0 aliphatic carbocycles. The first-order valence-corrected chi connectivity index (χ1v) is 3.91. The zero-order chi connectivity index (χ0) is 8.27. The molecule has 1 aromatic rings. The predicted octanol–water partition coefficient (Wildman–Crippen LogP) is 1.08. The van der Waals surface area contributed by atoms with Crippen LogP contribution >= 0.6 is 12.2 Å². The summed E-state index contributed by atoms with van der Waals surface area (Å²) in [4.78, 5) is 0.720. The molecule has 0 aromatic carbocycles. The first-order chi connectivity index (χ1) is 5.20. The minimum Gasteiger partial charge on any atom is -0.372 e. The second-order valence-corrected chi connectivity index (χ2v) is 3.01. The van der Waals surface area contributed by atoms with Gasteiger partial charge < -0.3 is 5.32 Å². The number of hydrogen-bond donors (Lipinski definition) is 2. The van der Waals surface area contributed by atoms with Crippen molar-refractivity contribution in [3.63, 3.8) is 0 Å². The molecule has 0 saturated carbocycles. The van der Waals surface area contributed by atoms with Crippen molar-refractivity contribution in [1.29, 1.82) is 0 Å². The normalized spacial score (nSPS) is 10.1. The Morgan fingerprint density at radius 2 is 2.45 bits per heavy atom. The van der Waals surface area contributed by atoms with Crippen molar-refractivity contribution in [2.24, 2.45) is 0 Å². The lowest BCUT2D eigenvalue weighted by molar-refractivity contribution is 0.739. The van der Waals surface area contributed by atoms with Gasteiger partial charge in [-0.15, -0.1) is 0 Å². The van der Waals surface area contributed by atoms with Crippen LogP contribution < -0.4 is 5.32 Å². The van der Waals surface area contributed by atoms with Gasteiger partial charge in [0.1, 0.15) is 4.99 Å². The molecule has 3 nitrogen and oxygen atoms in total. The van der Waals surface area contributed by atoms with Gasteiger partial charge >= 0.3 is 0 Å². The summed E-state index contributed by atoms with van der Waals surface area (Å²) >= 11 is 5.07. The van der Waals surface area contributed by atoms with Crippen molar-refractivity contribution >= 4 is 17.2 Å². The van der Waals surface area contributed by atoms with Gasteiger partial charge in [-0.05, 0) is 19.9 Å². The van der Waals surface area contributed by atoms with Gasteiger partial charge in [0.25, 0.3) is 0 Å². The third kappa shape index (κ3) is 2.31. The average Bonchev–Trinajstić information content (AvgIpc) is 2.35. The third-order valence-corrected chi connectivity index (χ3v) is 1.50. The highest BCUT2D eigenvalue weighted by molar-refractivity contribution is 7.80. The topological polar surface area (TPSA) is 40.7 Å². The predicted molar refractivity (Wildman–Crippen MR) is 48.6 cm³/mol. The lowest BCUT2D eigenvalue weighted by Crippen LogP contribution is -2.29. The summed E-state index contributed by atoms with van der Waals surface area (Å²) in [6.07, 6.45) is 1.68. The molecular weight excluding hydrogens is 158 g/mol. The van der Waals surface area contributed by atoms with Gasteiger partial charge in [-0.25, -0.2) is 0 Å². The fraction of sp³-hybridized carbons (Fsp3) is 0.429. The third-order valence-electron chi connectivity index (χ3n) is 1.17. The Balaban J connectivity index is 2.57. The van der Waals surface area contributed by atoms with E-state index in [2.05, 4.69) is 15.5 Å². The summed E-state index contributed by atoms with van der Waals surface area (Å²) in [7, 11) is 0. The lowest BCUT2D eigenvalue weighted by atomic mass is 10.3. The average molecular weight is 169 g/mol. The van der Waals surface area contributed by atoms with Gasteiger partial charge in [-0.1, -0.05) is 12.2 Å². The van der Waals surface area contributed by atoms with Crippen LogP contribution in [0.1, 0.15) is 19.5 Å². The number of aromatic amines is 1. The second kappa shape index (κ2) is 3.48. The van der Waals surface area contributed by atoms with Crippen LogP contribution in [-0.2, 0) is 0 Å². The summed E-state index contributed by atoms with van der Waals surface area (Å²) in [6, 6.07) is 2.21. The Hall–Kier alpha value is -0.900. The quantitative estimate of drug-likeness (QED) is 0.651. The van der Waals surface area contributed by atoms with E-state index in [-0.39, 0.29) is 0 Å². The van der Waals surface area contributed by atoms with Gasteiger partial charge in [0.2, 0.25) is 0 Å². The van der Waals surface area contributed by atoms with Crippen molar-refractivity contribution in [2.45, 2.75) is 19.9 Å². The molecule has 0 fully saturated rings. The molecule has 1 aromatic heterocycles. The fourth-order valence-electron chi connectivity index (χ4n) is 0.722. The van der Waals surface area contributed by atoms with E-state index in [1.54, 1.807) is 6.20 Å². The van der Waals surface area contributed by atoms with E-state index in [0.717, 1.165) is 10.7 Å². The van der Waals surface area contributed by atoms with Crippen molar-refractivity contribution < 1.29 is 0 Å². The molecule has 0 atom stereocenters. The Kier molecular flexibility index (Phi) is 2.59. The standard InChI is InChI=1S/C7H11N3S/c1-5(2)9-7(11)6-3-4-8-10-6/h3-5H,1-2H3,(H,8,10)(H,9,11). The Morgan fingerprint density at radius 3 is 2.91 bits per heavy atom. The summed E-state index contributed by atoms with van der Waals surface area (Å²) < 4.78 is 0. The molecule has 0 bridgehead atoms. The van der Waals surface area contributed by atoms with E-state index in [1.807, 2.05) is 19.9 Å². The van der Waals surface area contributed by atoms with Gasteiger partial charge in [-0.2, -0.15) is 5.10 Å². The SMILES string of the molecule is CC(C)NC(=S)c1ccn[nH]1. The summed E-state index contributed by atoms with van der Waals surface area (Å²) in [5.41, 5.74) is 0.869. The van der Waals surface area contributed by atoms with Crippen LogP contribution in [0.3, 0.4) is 0 Å². The van der Waals surface area contributed by atoms with Crippen molar-refractivity contribution in [3.8, 4) is 0 Å². The number of nitrogens with one attached hydrogen (secondary N) is 2. The van der Waals surface area contributed by atoms with E-state index < -0.39 is 0 Å².